The minimum absolute atomic E-state index is 0.0344. The van der Waals surface area contributed by atoms with E-state index in [-0.39, 0.29) is 24.0 Å². The molecule has 0 aliphatic heterocycles. The molecule has 0 saturated carbocycles. The van der Waals surface area contributed by atoms with Crippen LogP contribution in [0.1, 0.15) is 25.8 Å². The third-order valence-corrected chi connectivity index (χ3v) is 5.00. The number of para-hydroxylation sites is 1. The van der Waals surface area contributed by atoms with Gasteiger partial charge in [-0.25, -0.2) is 4.79 Å². The smallest absolute Gasteiger partial charge is 0.332 e. The SMILES string of the molecule is COc1ccc(-c2noc(Cn3c(=O)n(C(C)C)c(=O)c4ccccc43)n2)cc1OC. The van der Waals surface area contributed by atoms with Crippen LogP contribution >= 0.6 is 0 Å². The highest BCUT2D eigenvalue weighted by atomic mass is 16.5. The number of ether oxygens (including phenoxy) is 2. The van der Waals surface area contributed by atoms with Crippen LogP contribution in [0, 0.1) is 0 Å². The first-order valence-corrected chi connectivity index (χ1v) is 9.73. The van der Waals surface area contributed by atoms with Gasteiger partial charge in [0.05, 0.1) is 25.1 Å². The maximum absolute atomic E-state index is 13.1. The predicted octanol–water partition coefficient (Wildman–Crippen LogP) is 2.86. The minimum atomic E-state index is -0.426. The molecule has 160 valence electrons. The average Bonchev–Trinajstić information content (AvgIpc) is 3.24. The second-order valence-corrected chi connectivity index (χ2v) is 7.24. The molecule has 0 atom stereocenters. The van der Waals surface area contributed by atoms with Crippen LogP contribution in [0.4, 0.5) is 0 Å². The van der Waals surface area contributed by atoms with Gasteiger partial charge in [-0.05, 0) is 44.2 Å². The second kappa shape index (κ2) is 8.10. The molecular weight excluding hydrogens is 400 g/mol. The van der Waals surface area contributed by atoms with E-state index in [1.54, 1.807) is 70.5 Å². The summed E-state index contributed by atoms with van der Waals surface area (Å²) in [6.07, 6.45) is 0. The molecule has 0 fully saturated rings. The molecule has 0 bridgehead atoms. The monoisotopic (exact) mass is 422 g/mol. The van der Waals surface area contributed by atoms with Crippen LogP contribution in [0.15, 0.2) is 56.6 Å². The van der Waals surface area contributed by atoms with Gasteiger partial charge in [-0.1, -0.05) is 17.3 Å². The zero-order valence-electron chi connectivity index (χ0n) is 17.7. The highest BCUT2D eigenvalue weighted by Crippen LogP contribution is 2.31. The van der Waals surface area contributed by atoms with E-state index < -0.39 is 5.69 Å². The van der Waals surface area contributed by atoms with Gasteiger partial charge in [-0.2, -0.15) is 4.98 Å². The number of hydrogen-bond acceptors (Lipinski definition) is 7. The lowest BCUT2D eigenvalue weighted by molar-refractivity contribution is 0.355. The minimum Gasteiger partial charge on any atom is -0.493 e. The van der Waals surface area contributed by atoms with Crippen molar-refractivity contribution in [3.8, 4) is 22.9 Å². The fourth-order valence-electron chi connectivity index (χ4n) is 3.49. The van der Waals surface area contributed by atoms with Crippen LogP contribution < -0.4 is 20.7 Å². The van der Waals surface area contributed by atoms with E-state index >= 15 is 0 Å². The second-order valence-electron chi connectivity index (χ2n) is 7.24. The van der Waals surface area contributed by atoms with E-state index in [0.29, 0.717) is 33.8 Å². The molecule has 0 N–H and O–H groups in total. The van der Waals surface area contributed by atoms with E-state index in [2.05, 4.69) is 10.1 Å². The number of rotatable bonds is 6. The maximum atomic E-state index is 13.1. The zero-order valence-corrected chi connectivity index (χ0v) is 17.7. The Kier molecular flexibility index (Phi) is 5.33. The molecule has 31 heavy (non-hydrogen) atoms. The molecule has 0 unspecified atom stereocenters. The van der Waals surface area contributed by atoms with Crippen molar-refractivity contribution in [1.82, 2.24) is 19.3 Å². The van der Waals surface area contributed by atoms with Crippen molar-refractivity contribution in [1.29, 1.82) is 0 Å². The Morgan fingerprint density at radius 3 is 2.48 bits per heavy atom. The average molecular weight is 422 g/mol. The Bertz CT molecular complexity index is 1370. The van der Waals surface area contributed by atoms with E-state index in [4.69, 9.17) is 14.0 Å². The Balaban J connectivity index is 1.78. The maximum Gasteiger partial charge on any atom is 0.332 e. The van der Waals surface area contributed by atoms with Crippen molar-refractivity contribution < 1.29 is 14.0 Å². The van der Waals surface area contributed by atoms with Gasteiger partial charge in [-0.15, -0.1) is 0 Å². The molecule has 9 heteroatoms. The molecule has 0 radical (unpaired) electrons. The summed E-state index contributed by atoms with van der Waals surface area (Å²) < 4.78 is 18.7. The van der Waals surface area contributed by atoms with Crippen molar-refractivity contribution in [3.05, 3.63) is 69.2 Å². The van der Waals surface area contributed by atoms with Crippen molar-refractivity contribution in [2.45, 2.75) is 26.4 Å². The van der Waals surface area contributed by atoms with Crippen LogP contribution in [-0.2, 0) is 6.54 Å². The molecule has 2 aromatic carbocycles. The lowest BCUT2D eigenvalue weighted by Crippen LogP contribution is -2.41. The fraction of sp³-hybridized carbons (Fsp3) is 0.273. The van der Waals surface area contributed by atoms with Crippen molar-refractivity contribution in [3.63, 3.8) is 0 Å². The molecule has 0 saturated heterocycles. The summed E-state index contributed by atoms with van der Waals surface area (Å²) in [7, 11) is 3.10. The molecule has 2 heterocycles. The van der Waals surface area contributed by atoms with Crippen LogP contribution in [0.2, 0.25) is 0 Å². The molecule has 0 aliphatic rings. The highest BCUT2D eigenvalue weighted by molar-refractivity contribution is 5.77. The van der Waals surface area contributed by atoms with Gasteiger partial charge >= 0.3 is 5.69 Å². The molecule has 2 aromatic heterocycles. The van der Waals surface area contributed by atoms with Gasteiger partial charge < -0.3 is 14.0 Å². The topological polar surface area (TPSA) is 101 Å². The van der Waals surface area contributed by atoms with Gasteiger partial charge in [0.1, 0.15) is 6.54 Å². The van der Waals surface area contributed by atoms with Crippen molar-refractivity contribution >= 4 is 10.9 Å². The van der Waals surface area contributed by atoms with Crippen LogP contribution in [0.5, 0.6) is 11.5 Å². The Labute approximate surface area is 177 Å². The number of benzene rings is 2. The molecule has 0 spiro atoms. The number of hydrogen-bond donors (Lipinski definition) is 0. The summed E-state index contributed by atoms with van der Waals surface area (Å²) in [6.45, 7) is 3.63. The summed E-state index contributed by atoms with van der Waals surface area (Å²) in [4.78, 5) is 30.3. The predicted molar refractivity (Wildman–Crippen MR) is 115 cm³/mol. The van der Waals surface area contributed by atoms with Crippen LogP contribution in [-0.4, -0.2) is 33.5 Å². The van der Waals surface area contributed by atoms with E-state index in [0.717, 1.165) is 0 Å². The van der Waals surface area contributed by atoms with Crippen LogP contribution in [0.25, 0.3) is 22.3 Å². The van der Waals surface area contributed by atoms with E-state index in [9.17, 15) is 9.59 Å². The quantitative estimate of drug-likeness (QED) is 0.471. The number of aromatic nitrogens is 4. The highest BCUT2D eigenvalue weighted by Gasteiger charge is 2.18. The number of methoxy groups -OCH3 is 2. The first kappa shape index (κ1) is 20.4. The summed E-state index contributed by atoms with van der Waals surface area (Å²) >= 11 is 0. The Morgan fingerprint density at radius 1 is 1.03 bits per heavy atom. The molecule has 9 nitrogen and oxygen atoms in total. The van der Waals surface area contributed by atoms with Crippen molar-refractivity contribution in [2.75, 3.05) is 14.2 Å². The number of nitrogens with zero attached hydrogens (tertiary/aromatic N) is 4. The summed E-state index contributed by atoms with van der Waals surface area (Å²) in [5.41, 5.74) is 0.449. The normalized spacial score (nSPS) is 11.3. The van der Waals surface area contributed by atoms with Gasteiger partial charge in [0.2, 0.25) is 11.7 Å². The lowest BCUT2D eigenvalue weighted by atomic mass is 10.2. The molecule has 4 rings (SSSR count). The molecule has 4 aromatic rings. The zero-order chi connectivity index (χ0) is 22.1. The third-order valence-electron chi connectivity index (χ3n) is 5.00. The largest absolute Gasteiger partial charge is 0.493 e. The van der Waals surface area contributed by atoms with E-state index in [1.165, 1.54) is 9.13 Å². The number of fused-ring (bicyclic) bond motifs is 1. The van der Waals surface area contributed by atoms with Gasteiger partial charge in [0, 0.05) is 11.6 Å². The van der Waals surface area contributed by atoms with Gasteiger partial charge in [0.25, 0.3) is 5.56 Å². The standard InChI is InChI=1S/C22H22N4O5/c1-13(2)26-21(27)15-7-5-6-8-16(15)25(22(26)28)12-19-23-20(24-31-19)14-9-10-17(29-3)18(11-14)30-4/h5-11,13H,12H2,1-4H3. The Morgan fingerprint density at radius 2 is 1.77 bits per heavy atom. The third kappa shape index (κ3) is 3.58. The fourth-order valence-corrected chi connectivity index (χ4v) is 3.49. The molecular formula is C22H22N4O5. The lowest BCUT2D eigenvalue weighted by Gasteiger charge is -2.14. The van der Waals surface area contributed by atoms with Gasteiger partial charge in [-0.3, -0.25) is 13.9 Å². The van der Waals surface area contributed by atoms with Crippen molar-refractivity contribution in [2.24, 2.45) is 0 Å². The van der Waals surface area contributed by atoms with E-state index in [1.807, 2.05) is 0 Å². The van der Waals surface area contributed by atoms with Crippen LogP contribution in [0.3, 0.4) is 0 Å². The summed E-state index contributed by atoms with van der Waals surface area (Å²) in [6, 6.07) is 12.0. The first-order chi connectivity index (χ1) is 14.9. The molecule has 0 amide bonds. The summed E-state index contributed by atoms with van der Waals surface area (Å²) in [5.74, 6) is 1.72. The first-order valence-electron chi connectivity index (χ1n) is 9.73. The van der Waals surface area contributed by atoms with Gasteiger partial charge in [0.15, 0.2) is 11.5 Å². The molecule has 0 aliphatic carbocycles. The summed E-state index contributed by atoms with van der Waals surface area (Å²) in [5, 5.41) is 4.49. The Hall–Kier alpha value is -3.88.